The van der Waals surface area contributed by atoms with Gasteiger partial charge in [0.15, 0.2) is 0 Å². The van der Waals surface area contributed by atoms with Crippen LogP contribution < -0.4 is 20.7 Å². The molecule has 0 fully saturated rings. The molecule has 0 unspecified atom stereocenters. The predicted molar refractivity (Wildman–Crippen MR) is 147 cm³/mol. The van der Waals surface area contributed by atoms with Crippen molar-refractivity contribution in [1.82, 2.24) is 10.9 Å². The van der Waals surface area contributed by atoms with Gasteiger partial charge in [-0.15, -0.1) is 0 Å². The topological polar surface area (TPSA) is 89.4 Å². The highest BCUT2D eigenvalue weighted by atomic mass is 16.2. The number of hydrazone groups is 2. The van der Waals surface area contributed by atoms with Crippen LogP contribution in [0.1, 0.15) is 30.4 Å². The first-order valence-electron chi connectivity index (χ1n) is 11.4. The molecule has 0 aliphatic carbocycles. The van der Waals surface area contributed by atoms with Crippen molar-refractivity contribution in [3.8, 4) is 0 Å². The lowest BCUT2D eigenvalue weighted by Crippen LogP contribution is -2.20. The maximum atomic E-state index is 11.8. The second-order valence-electron chi connectivity index (χ2n) is 8.17. The summed E-state index contributed by atoms with van der Waals surface area (Å²) in [4.78, 5) is 27.7. The van der Waals surface area contributed by atoms with Gasteiger partial charge in [-0.25, -0.2) is 10.9 Å². The molecule has 0 spiro atoms. The minimum absolute atomic E-state index is 0.201. The SMILES string of the molecule is CN(C)c1ccc(C=CC=NNC(=O)CCCC(=O)NN=CC=Cc2ccc(N(C)C)cc2)cc1. The quantitative estimate of drug-likeness (QED) is 0.360. The summed E-state index contributed by atoms with van der Waals surface area (Å²) in [5.74, 6) is -0.492. The summed E-state index contributed by atoms with van der Waals surface area (Å²) in [5.41, 5.74) is 9.23. The molecule has 0 radical (unpaired) electrons. The molecule has 0 atom stereocenters. The number of allylic oxidation sites excluding steroid dienone is 2. The van der Waals surface area contributed by atoms with Crippen molar-refractivity contribution >= 4 is 47.8 Å². The third-order valence-corrected chi connectivity index (χ3v) is 4.90. The molecule has 2 N–H and O–H groups in total. The van der Waals surface area contributed by atoms with Gasteiger partial charge in [0.2, 0.25) is 11.8 Å². The van der Waals surface area contributed by atoms with Gasteiger partial charge < -0.3 is 9.80 Å². The monoisotopic (exact) mass is 474 g/mol. The van der Waals surface area contributed by atoms with Gasteiger partial charge in [-0.2, -0.15) is 10.2 Å². The third kappa shape index (κ3) is 11.0. The molecule has 0 saturated heterocycles. The number of nitrogens with one attached hydrogen (secondary N) is 2. The number of hydrogen-bond acceptors (Lipinski definition) is 6. The minimum atomic E-state index is -0.246. The normalized spacial score (nSPS) is 11.5. The van der Waals surface area contributed by atoms with E-state index in [0.29, 0.717) is 6.42 Å². The van der Waals surface area contributed by atoms with E-state index < -0.39 is 0 Å². The van der Waals surface area contributed by atoms with E-state index in [9.17, 15) is 9.59 Å². The van der Waals surface area contributed by atoms with Gasteiger partial charge in [0, 0.05) is 64.8 Å². The Hall–Kier alpha value is -4.20. The van der Waals surface area contributed by atoms with Crippen molar-refractivity contribution in [2.24, 2.45) is 10.2 Å². The molecule has 2 aromatic rings. The van der Waals surface area contributed by atoms with Gasteiger partial charge in [-0.3, -0.25) is 9.59 Å². The van der Waals surface area contributed by atoms with Crippen molar-refractivity contribution < 1.29 is 9.59 Å². The second-order valence-corrected chi connectivity index (χ2v) is 8.17. The Labute approximate surface area is 207 Å². The molecular formula is C27H34N6O2. The zero-order valence-corrected chi connectivity index (χ0v) is 20.8. The van der Waals surface area contributed by atoms with E-state index in [-0.39, 0.29) is 24.7 Å². The number of anilines is 2. The fraction of sp³-hybridized carbons (Fsp3) is 0.259. The molecule has 0 aromatic heterocycles. The number of amides is 2. The highest BCUT2D eigenvalue weighted by Gasteiger charge is 2.03. The van der Waals surface area contributed by atoms with E-state index in [1.165, 1.54) is 12.4 Å². The lowest BCUT2D eigenvalue weighted by Gasteiger charge is -2.11. The van der Waals surface area contributed by atoms with Gasteiger partial charge >= 0.3 is 0 Å². The molecule has 0 bridgehead atoms. The molecule has 2 rings (SSSR count). The lowest BCUT2D eigenvalue weighted by atomic mass is 10.2. The van der Waals surface area contributed by atoms with Crippen molar-refractivity contribution in [3.63, 3.8) is 0 Å². The summed E-state index contributed by atoms with van der Waals surface area (Å²) >= 11 is 0. The van der Waals surface area contributed by atoms with Crippen LogP contribution in [0.4, 0.5) is 11.4 Å². The van der Waals surface area contributed by atoms with E-state index in [4.69, 9.17) is 0 Å². The zero-order valence-electron chi connectivity index (χ0n) is 20.8. The second kappa shape index (κ2) is 14.8. The molecular weight excluding hydrogens is 440 g/mol. The fourth-order valence-electron chi connectivity index (χ4n) is 2.90. The summed E-state index contributed by atoms with van der Waals surface area (Å²) in [7, 11) is 7.97. The summed E-state index contributed by atoms with van der Waals surface area (Å²) in [5, 5.41) is 7.77. The number of nitrogens with zero attached hydrogens (tertiary/aromatic N) is 4. The van der Waals surface area contributed by atoms with Crippen LogP contribution in [0.25, 0.3) is 12.2 Å². The van der Waals surface area contributed by atoms with Crippen molar-refractivity contribution in [2.75, 3.05) is 38.0 Å². The molecule has 2 amide bonds. The Morgan fingerprint density at radius 2 is 1.06 bits per heavy atom. The molecule has 8 heteroatoms. The van der Waals surface area contributed by atoms with Crippen LogP contribution in [0.2, 0.25) is 0 Å². The van der Waals surface area contributed by atoms with Gasteiger partial charge in [0.05, 0.1) is 0 Å². The zero-order chi connectivity index (χ0) is 25.5. The van der Waals surface area contributed by atoms with E-state index in [2.05, 4.69) is 21.1 Å². The number of benzene rings is 2. The average Bonchev–Trinajstić information content (AvgIpc) is 2.84. The van der Waals surface area contributed by atoms with Gasteiger partial charge in [-0.05, 0) is 54.0 Å². The van der Waals surface area contributed by atoms with E-state index in [1.807, 2.05) is 98.7 Å². The van der Waals surface area contributed by atoms with Crippen LogP contribution in [0.3, 0.4) is 0 Å². The van der Waals surface area contributed by atoms with Gasteiger partial charge in [0.1, 0.15) is 0 Å². The maximum absolute atomic E-state index is 11.8. The first-order valence-corrected chi connectivity index (χ1v) is 11.4. The summed E-state index contributed by atoms with van der Waals surface area (Å²) in [6, 6.07) is 16.2. The van der Waals surface area contributed by atoms with Crippen LogP contribution >= 0.6 is 0 Å². The average molecular weight is 475 g/mol. The molecule has 0 heterocycles. The van der Waals surface area contributed by atoms with Crippen LogP contribution in [0.5, 0.6) is 0 Å². The summed E-state index contributed by atoms with van der Waals surface area (Å²) in [6.07, 6.45) is 11.1. The Morgan fingerprint density at radius 1 is 0.686 bits per heavy atom. The smallest absolute Gasteiger partial charge is 0.240 e. The van der Waals surface area contributed by atoms with Crippen molar-refractivity contribution in [1.29, 1.82) is 0 Å². The van der Waals surface area contributed by atoms with Crippen LogP contribution in [-0.2, 0) is 9.59 Å². The number of carbonyl (C=O) groups is 2. The van der Waals surface area contributed by atoms with Crippen LogP contribution in [0, 0.1) is 0 Å². The lowest BCUT2D eigenvalue weighted by molar-refractivity contribution is -0.122. The van der Waals surface area contributed by atoms with Gasteiger partial charge in [-0.1, -0.05) is 36.4 Å². The predicted octanol–water partition coefficient (Wildman–Crippen LogP) is 3.92. The van der Waals surface area contributed by atoms with Crippen LogP contribution in [0.15, 0.2) is 70.9 Å². The third-order valence-electron chi connectivity index (χ3n) is 4.90. The number of rotatable bonds is 12. The van der Waals surface area contributed by atoms with E-state index >= 15 is 0 Å². The molecule has 35 heavy (non-hydrogen) atoms. The van der Waals surface area contributed by atoms with Crippen LogP contribution in [-0.4, -0.2) is 52.4 Å². The highest BCUT2D eigenvalue weighted by molar-refractivity contribution is 5.83. The fourth-order valence-corrected chi connectivity index (χ4v) is 2.90. The molecule has 2 aromatic carbocycles. The molecule has 0 aliphatic heterocycles. The Bertz CT molecular complexity index is 967. The molecule has 8 nitrogen and oxygen atoms in total. The van der Waals surface area contributed by atoms with Gasteiger partial charge in [0.25, 0.3) is 0 Å². The molecule has 0 saturated carbocycles. The van der Waals surface area contributed by atoms with E-state index in [1.54, 1.807) is 12.2 Å². The van der Waals surface area contributed by atoms with Crippen molar-refractivity contribution in [3.05, 3.63) is 71.8 Å². The maximum Gasteiger partial charge on any atom is 0.240 e. The Morgan fingerprint density at radius 3 is 1.40 bits per heavy atom. The Kier molecular flexibility index (Phi) is 11.5. The van der Waals surface area contributed by atoms with Crippen molar-refractivity contribution in [2.45, 2.75) is 19.3 Å². The first-order chi connectivity index (χ1) is 16.8. The molecule has 184 valence electrons. The summed E-state index contributed by atoms with van der Waals surface area (Å²) < 4.78 is 0. The first kappa shape index (κ1) is 27.0. The largest absolute Gasteiger partial charge is 0.378 e. The van der Waals surface area contributed by atoms with E-state index in [0.717, 1.165) is 22.5 Å². The minimum Gasteiger partial charge on any atom is -0.378 e. The highest BCUT2D eigenvalue weighted by Crippen LogP contribution is 2.13. The molecule has 0 aliphatic rings. The number of hydrogen-bond donors (Lipinski definition) is 2. The number of carbonyl (C=O) groups excluding carboxylic acids is 2. The standard InChI is InChI=1S/C27H34N6O2/c1-32(2)24-16-12-22(13-17-24)8-6-20-28-30-26(34)10-5-11-27(35)31-29-21-7-9-23-14-18-25(19-15-23)33(3)4/h6-9,12-21H,5,10-11H2,1-4H3,(H,30,34)(H,31,35). The summed E-state index contributed by atoms with van der Waals surface area (Å²) in [6.45, 7) is 0. The Balaban J connectivity index is 1.59.